The number of hydrogen-bond acceptors (Lipinski definition) is 3. The van der Waals surface area contributed by atoms with E-state index in [1.54, 1.807) is 18.2 Å². The van der Waals surface area contributed by atoms with Crippen molar-refractivity contribution in [3.8, 4) is 11.5 Å². The third-order valence-electron chi connectivity index (χ3n) is 4.07. The molecule has 1 saturated carbocycles. The van der Waals surface area contributed by atoms with Crippen LogP contribution in [-0.4, -0.2) is 30.1 Å². The molecule has 0 aromatic heterocycles. The van der Waals surface area contributed by atoms with E-state index in [0.717, 1.165) is 18.4 Å². The van der Waals surface area contributed by atoms with Crippen LogP contribution < -0.4 is 9.47 Å². The first-order chi connectivity index (χ1) is 12.2. The average Bonchev–Trinajstić information content (AvgIpc) is 3.45. The molecule has 1 aliphatic rings. The SMILES string of the molecule is CCOc1ccccc1OCC(=O)N(Cc1ccc(F)cc1)C1CC1. The zero-order valence-electron chi connectivity index (χ0n) is 14.3. The average molecular weight is 343 g/mol. The van der Waals surface area contributed by atoms with Crippen molar-refractivity contribution < 1.29 is 18.7 Å². The fraction of sp³-hybridized carbons (Fsp3) is 0.350. The molecule has 0 unspecified atom stereocenters. The summed E-state index contributed by atoms with van der Waals surface area (Å²) < 4.78 is 24.3. The van der Waals surface area contributed by atoms with Crippen LogP contribution in [0.15, 0.2) is 48.5 Å². The Labute approximate surface area is 147 Å². The minimum atomic E-state index is -0.274. The number of nitrogens with zero attached hydrogens (tertiary/aromatic N) is 1. The van der Waals surface area contributed by atoms with Gasteiger partial charge in [-0.3, -0.25) is 4.79 Å². The van der Waals surface area contributed by atoms with Crippen LogP contribution in [0.1, 0.15) is 25.3 Å². The van der Waals surface area contributed by atoms with Crippen LogP contribution in [0.3, 0.4) is 0 Å². The second-order valence-corrected chi connectivity index (χ2v) is 6.05. The maximum Gasteiger partial charge on any atom is 0.261 e. The topological polar surface area (TPSA) is 38.8 Å². The van der Waals surface area contributed by atoms with E-state index in [-0.39, 0.29) is 24.4 Å². The van der Waals surface area contributed by atoms with Gasteiger partial charge in [-0.05, 0) is 49.6 Å². The van der Waals surface area contributed by atoms with E-state index in [9.17, 15) is 9.18 Å². The van der Waals surface area contributed by atoms with E-state index < -0.39 is 0 Å². The van der Waals surface area contributed by atoms with Crippen molar-refractivity contribution in [2.75, 3.05) is 13.2 Å². The molecule has 1 amide bonds. The Kier molecular flexibility index (Phi) is 5.53. The van der Waals surface area contributed by atoms with Crippen LogP contribution in [0.4, 0.5) is 4.39 Å². The normalized spacial score (nSPS) is 13.4. The number of halogens is 1. The van der Waals surface area contributed by atoms with Crippen LogP contribution in [0.2, 0.25) is 0 Å². The zero-order valence-corrected chi connectivity index (χ0v) is 14.3. The summed E-state index contributed by atoms with van der Waals surface area (Å²) in [6.45, 7) is 2.87. The van der Waals surface area contributed by atoms with Crippen molar-refractivity contribution in [1.82, 2.24) is 4.90 Å². The van der Waals surface area contributed by atoms with Crippen molar-refractivity contribution in [1.29, 1.82) is 0 Å². The molecule has 0 atom stereocenters. The molecule has 0 radical (unpaired) electrons. The van der Waals surface area contributed by atoms with Crippen molar-refractivity contribution in [2.24, 2.45) is 0 Å². The summed E-state index contributed by atoms with van der Waals surface area (Å²) >= 11 is 0. The summed E-state index contributed by atoms with van der Waals surface area (Å²) in [7, 11) is 0. The van der Waals surface area contributed by atoms with Crippen molar-refractivity contribution >= 4 is 5.91 Å². The van der Waals surface area contributed by atoms with Gasteiger partial charge in [-0.2, -0.15) is 0 Å². The predicted molar refractivity (Wildman–Crippen MR) is 93.1 cm³/mol. The first-order valence-corrected chi connectivity index (χ1v) is 8.56. The number of hydrogen-bond donors (Lipinski definition) is 0. The first-order valence-electron chi connectivity index (χ1n) is 8.56. The molecule has 0 spiro atoms. The molecule has 132 valence electrons. The van der Waals surface area contributed by atoms with Gasteiger partial charge >= 0.3 is 0 Å². The molecule has 0 bridgehead atoms. The lowest BCUT2D eigenvalue weighted by Crippen LogP contribution is -2.36. The highest BCUT2D eigenvalue weighted by molar-refractivity contribution is 5.78. The molecule has 2 aromatic rings. The number of ether oxygens (including phenoxy) is 2. The molecule has 1 fully saturated rings. The summed E-state index contributed by atoms with van der Waals surface area (Å²) in [6.07, 6.45) is 2.00. The first kappa shape index (κ1) is 17.3. The number of rotatable bonds is 8. The largest absolute Gasteiger partial charge is 0.490 e. The van der Waals surface area contributed by atoms with Crippen LogP contribution >= 0.6 is 0 Å². The maximum atomic E-state index is 13.1. The minimum Gasteiger partial charge on any atom is -0.490 e. The van der Waals surface area contributed by atoms with E-state index in [2.05, 4.69) is 0 Å². The molecule has 0 saturated heterocycles. The Balaban J connectivity index is 1.63. The summed E-state index contributed by atoms with van der Waals surface area (Å²) in [6, 6.07) is 13.8. The summed E-state index contributed by atoms with van der Waals surface area (Å²) in [5.41, 5.74) is 0.913. The highest BCUT2D eigenvalue weighted by Gasteiger charge is 2.32. The van der Waals surface area contributed by atoms with Crippen molar-refractivity contribution in [3.05, 3.63) is 59.9 Å². The number of para-hydroxylation sites is 2. The summed E-state index contributed by atoms with van der Waals surface area (Å²) in [5.74, 6) is 0.853. The number of carbonyl (C=O) groups excluding carboxylic acids is 1. The Bertz CT molecular complexity index is 713. The molecular formula is C20H22FNO3. The molecule has 4 nitrogen and oxygen atoms in total. The van der Waals surface area contributed by atoms with Gasteiger partial charge in [-0.25, -0.2) is 4.39 Å². The van der Waals surface area contributed by atoms with Crippen molar-refractivity contribution in [3.63, 3.8) is 0 Å². The van der Waals surface area contributed by atoms with Gasteiger partial charge in [0.25, 0.3) is 5.91 Å². The van der Waals surface area contributed by atoms with E-state index in [4.69, 9.17) is 9.47 Å². The van der Waals surface area contributed by atoms with Crippen LogP contribution in [0.5, 0.6) is 11.5 Å². The third-order valence-corrected chi connectivity index (χ3v) is 4.07. The third kappa shape index (κ3) is 4.72. The Morgan fingerprint density at radius 1 is 1.08 bits per heavy atom. The maximum absolute atomic E-state index is 13.1. The van der Waals surface area contributed by atoms with Crippen LogP contribution in [0, 0.1) is 5.82 Å². The predicted octanol–water partition coefficient (Wildman–Crippen LogP) is 3.79. The van der Waals surface area contributed by atoms with Gasteiger partial charge in [0.05, 0.1) is 6.61 Å². The lowest BCUT2D eigenvalue weighted by molar-refractivity contribution is -0.134. The fourth-order valence-electron chi connectivity index (χ4n) is 2.66. The highest BCUT2D eigenvalue weighted by Crippen LogP contribution is 2.30. The van der Waals surface area contributed by atoms with Gasteiger partial charge in [0.2, 0.25) is 0 Å². The molecule has 25 heavy (non-hydrogen) atoms. The lowest BCUT2D eigenvalue weighted by Gasteiger charge is -2.23. The fourth-order valence-corrected chi connectivity index (χ4v) is 2.66. The molecular weight excluding hydrogens is 321 g/mol. The van der Waals surface area contributed by atoms with E-state index in [0.29, 0.717) is 24.7 Å². The standard InChI is InChI=1S/C20H22FNO3/c1-2-24-18-5-3-4-6-19(18)25-14-20(23)22(17-11-12-17)13-15-7-9-16(21)10-8-15/h3-10,17H,2,11-14H2,1H3. The van der Waals surface area contributed by atoms with Crippen molar-refractivity contribution in [2.45, 2.75) is 32.4 Å². The monoisotopic (exact) mass is 343 g/mol. The van der Waals surface area contributed by atoms with Crippen LogP contribution in [0.25, 0.3) is 0 Å². The highest BCUT2D eigenvalue weighted by atomic mass is 19.1. The van der Waals surface area contributed by atoms with E-state index in [1.165, 1.54) is 12.1 Å². The summed E-state index contributed by atoms with van der Waals surface area (Å²) in [4.78, 5) is 14.4. The molecule has 0 heterocycles. The lowest BCUT2D eigenvalue weighted by atomic mass is 10.2. The second-order valence-electron chi connectivity index (χ2n) is 6.05. The Hall–Kier alpha value is -2.56. The minimum absolute atomic E-state index is 0.0399. The van der Waals surface area contributed by atoms with Gasteiger partial charge in [-0.15, -0.1) is 0 Å². The molecule has 0 N–H and O–H groups in total. The number of carbonyl (C=O) groups is 1. The second kappa shape index (κ2) is 8.01. The van der Waals surface area contributed by atoms with Gasteiger partial charge < -0.3 is 14.4 Å². The van der Waals surface area contributed by atoms with Gasteiger partial charge in [0.1, 0.15) is 5.82 Å². The molecule has 3 rings (SSSR count). The van der Waals surface area contributed by atoms with Crippen LogP contribution in [-0.2, 0) is 11.3 Å². The quantitative estimate of drug-likeness (QED) is 0.732. The Morgan fingerprint density at radius 2 is 1.72 bits per heavy atom. The number of benzene rings is 2. The molecule has 2 aromatic carbocycles. The molecule has 5 heteroatoms. The number of amides is 1. The molecule has 1 aliphatic carbocycles. The van der Waals surface area contributed by atoms with Gasteiger partial charge in [-0.1, -0.05) is 24.3 Å². The van der Waals surface area contributed by atoms with E-state index in [1.807, 2.05) is 30.0 Å². The van der Waals surface area contributed by atoms with E-state index >= 15 is 0 Å². The zero-order chi connectivity index (χ0) is 17.6. The summed E-state index contributed by atoms with van der Waals surface area (Å²) in [5, 5.41) is 0. The Morgan fingerprint density at radius 3 is 2.32 bits per heavy atom. The molecule has 0 aliphatic heterocycles. The van der Waals surface area contributed by atoms with Gasteiger partial charge in [0, 0.05) is 12.6 Å². The smallest absolute Gasteiger partial charge is 0.261 e. The van der Waals surface area contributed by atoms with Gasteiger partial charge in [0.15, 0.2) is 18.1 Å².